The third-order valence-corrected chi connectivity index (χ3v) is 3.96. The fraction of sp³-hybridized carbons (Fsp3) is 0.500. The summed E-state index contributed by atoms with van der Waals surface area (Å²) in [5, 5.41) is 10.3. The van der Waals surface area contributed by atoms with E-state index in [2.05, 4.69) is 12.0 Å². The molecule has 2 rings (SSSR count). The molecule has 0 bridgehead atoms. The minimum Gasteiger partial charge on any atom is -0.377 e. The minimum absolute atomic E-state index is 0.430. The molecule has 0 aliphatic heterocycles. The lowest BCUT2D eigenvalue weighted by Crippen LogP contribution is -2.17. The Morgan fingerprint density at radius 2 is 2.05 bits per heavy atom. The number of hydrogen-bond acceptors (Lipinski definition) is 3. The van der Waals surface area contributed by atoms with E-state index in [0.29, 0.717) is 17.9 Å². The van der Waals surface area contributed by atoms with Crippen LogP contribution >= 0.6 is 0 Å². The molecule has 0 spiro atoms. The van der Waals surface area contributed by atoms with E-state index in [9.17, 15) is 9.90 Å². The molecule has 0 saturated heterocycles. The Balaban J connectivity index is 2.16. The van der Waals surface area contributed by atoms with Crippen molar-refractivity contribution in [1.82, 2.24) is 0 Å². The van der Waals surface area contributed by atoms with Crippen molar-refractivity contribution < 1.29 is 14.6 Å². The van der Waals surface area contributed by atoms with E-state index in [-0.39, 0.29) is 0 Å². The van der Waals surface area contributed by atoms with Crippen molar-refractivity contribution in [3.8, 4) is 12.0 Å². The van der Waals surface area contributed by atoms with Gasteiger partial charge in [-0.05, 0) is 29.9 Å². The van der Waals surface area contributed by atoms with E-state index >= 15 is 0 Å². The summed E-state index contributed by atoms with van der Waals surface area (Å²) in [6.45, 7) is 1.87. The average Bonchev–Trinajstić information content (AvgIpc) is 2.55. The summed E-state index contributed by atoms with van der Waals surface area (Å²) in [6.07, 6.45) is 7.62. The lowest BCUT2D eigenvalue weighted by molar-refractivity contribution is -0.146. The monoisotopic (exact) mass is 286 g/mol. The van der Waals surface area contributed by atoms with Crippen LogP contribution in [0.4, 0.5) is 0 Å². The Morgan fingerprint density at radius 3 is 2.76 bits per heavy atom. The third-order valence-electron chi connectivity index (χ3n) is 3.96. The number of carbonyl (C=O) groups is 1. The molecule has 3 heteroatoms. The second-order valence-electron chi connectivity index (χ2n) is 5.42. The van der Waals surface area contributed by atoms with Crippen LogP contribution in [0.3, 0.4) is 0 Å². The van der Waals surface area contributed by atoms with Crippen LogP contribution < -0.4 is 0 Å². The summed E-state index contributed by atoms with van der Waals surface area (Å²) < 4.78 is 4.79. The lowest BCUT2D eigenvalue weighted by Gasteiger charge is -2.25. The predicted octanol–water partition coefficient (Wildman–Crippen LogP) is 3.68. The highest BCUT2D eigenvalue weighted by atomic mass is 16.5. The largest absolute Gasteiger partial charge is 0.377 e. The van der Waals surface area contributed by atoms with E-state index in [0.717, 1.165) is 18.4 Å². The van der Waals surface area contributed by atoms with Gasteiger partial charge in [0, 0.05) is 6.42 Å². The molecule has 1 aliphatic carbocycles. The SMILES string of the molecule is CCC#COC(=O)C(O)c1ccccc1C1CCCCC1. The van der Waals surface area contributed by atoms with Gasteiger partial charge < -0.3 is 9.84 Å². The summed E-state index contributed by atoms with van der Waals surface area (Å²) in [6, 6.07) is 7.63. The first-order chi connectivity index (χ1) is 10.2. The molecule has 1 aromatic rings. The zero-order chi connectivity index (χ0) is 15.1. The van der Waals surface area contributed by atoms with Crippen molar-refractivity contribution >= 4 is 5.97 Å². The zero-order valence-electron chi connectivity index (χ0n) is 12.5. The van der Waals surface area contributed by atoms with Gasteiger partial charge in [0.25, 0.3) is 0 Å². The molecule has 0 amide bonds. The first-order valence-electron chi connectivity index (χ1n) is 7.69. The number of ether oxygens (including phenoxy) is 1. The molecule has 3 nitrogen and oxygen atoms in total. The first kappa shape index (κ1) is 15.6. The van der Waals surface area contributed by atoms with Crippen LogP contribution in [0, 0.1) is 12.0 Å². The maximum Gasteiger partial charge on any atom is 0.353 e. The molecule has 0 radical (unpaired) electrons. The molecule has 21 heavy (non-hydrogen) atoms. The lowest BCUT2D eigenvalue weighted by atomic mass is 9.81. The van der Waals surface area contributed by atoms with Crippen LogP contribution in [0.2, 0.25) is 0 Å². The molecule has 1 aromatic carbocycles. The molecule has 1 aliphatic rings. The van der Waals surface area contributed by atoms with Crippen molar-refractivity contribution in [1.29, 1.82) is 0 Å². The summed E-state index contributed by atoms with van der Waals surface area (Å²) in [5.74, 6) is 2.39. The summed E-state index contributed by atoms with van der Waals surface area (Å²) >= 11 is 0. The van der Waals surface area contributed by atoms with Crippen molar-refractivity contribution in [2.45, 2.75) is 57.5 Å². The van der Waals surface area contributed by atoms with Crippen LogP contribution in [0.25, 0.3) is 0 Å². The number of benzene rings is 1. The van der Waals surface area contributed by atoms with Crippen molar-refractivity contribution in [3.63, 3.8) is 0 Å². The predicted molar refractivity (Wildman–Crippen MR) is 81.4 cm³/mol. The molecule has 0 aromatic heterocycles. The van der Waals surface area contributed by atoms with E-state index in [1.807, 2.05) is 31.2 Å². The fourth-order valence-electron chi connectivity index (χ4n) is 2.89. The smallest absolute Gasteiger partial charge is 0.353 e. The number of aliphatic hydroxyl groups excluding tert-OH is 1. The van der Waals surface area contributed by atoms with Gasteiger partial charge in [0.15, 0.2) is 6.10 Å². The second kappa shape index (κ2) is 7.85. The molecular weight excluding hydrogens is 264 g/mol. The van der Waals surface area contributed by atoms with Crippen molar-refractivity contribution in [2.75, 3.05) is 0 Å². The molecule has 112 valence electrons. The van der Waals surface area contributed by atoms with Gasteiger partial charge in [-0.15, -0.1) is 0 Å². The molecule has 1 saturated carbocycles. The van der Waals surface area contributed by atoms with Crippen molar-refractivity contribution in [3.05, 3.63) is 35.4 Å². The number of aliphatic hydroxyl groups is 1. The van der Waals surface area contributed by atoms with Gasteiger partial charge in [0.05, 0.1) is 0 Å². The number of esters is 1. The fourth-order valence-corrected chi connectivity index (χ4v) is 2.89. The zero-order valence-corrected chi connectivity index (χ0v) is 12.5. The quantitative estimate of drug-likeness (QED) is 0.681. The average molecular weight is 286 g/mol. The van der Waals surface area contributed by atoms with E-state index in [4.69, 9.17) is 4.74 Å². The highest BCUT2D eigenvalue weighted by Crippen LogP contribution is 2.36. The Hall–Kier alpha value is -1.79. The maximum absolute atomic E-state index is 11.9. The topological polar surface area (TPSA) is 46.5 Å². The van der Waals surface area contributed by atoms with Crippen LogP contribution in [0.5, 0.6) is 0 Å². The highest BCUT2D eigenvalue weighted by Gasteiger charge is 2.25. The third kappa shape index (κ3) is 4.09. The standard InChI is InChI=1S/C18H22O3/c1-2-3-13-21-18(20)17(19)16-12-8-7-11-15(16)14-9-5-4-6-10-14/h7-8,11-12,14,17,19H,2,4-6,9-10H2,1H3. The second-order valence-corrected chi connectivity index (χ2v) is 5.42. The van der Waals surface area contributed by atoms with Gasteiger partial charge in [-0.3, -0.25) is 0 Å². The highest BCUT2D eigenvalue weighted by molar-refractivity contribution is 5.77. The van der Waals surface area contributed by atoms with Crippen molar-refractivity contribution in [2.24, 2.45) is 0 Å². The van der Waals surface area contributed by atoms with Gasteiger partial charge in [-0.25, -0.2) is 4.79 Å². The number of carbonyl (C=O) groups excluding carboxylic acids is 1. The molecule has 0 heterocycles. The Labute approximate surface area is 126 Å². The summed E-state index contributed by atoms with van der Waals surface area (Å²) in [4.78, 5) is 11.9. The normalized spacial score (nSPS) is 16.7. The van der Waals surface area contributed by atoms with Gasteiger partial charge in [-0.2, -0.15) is 0 Å². The minimum atomic E-state index is -1.26. The number of rotatable bonds is 3. The van der Waals surface area contributed by atoms with Gasteiger partial charge >= 0.3 is 5.97 Å². The first-order valence-corrected chi connectivity index (χ1v) is 7.69. The van der Waals surface area contributed by atoms with E-state index in [1.54, 1.807) is 0 Å². The summed E-state index contributed by atoms with van der Waals surface area (Å²) in [5.41, 5.74) is 1.73. The summed E-state index contributed by atoms with van der Waals surface area (Å²) in [7, 11) is 0. The van der Waals surface area contributed by atoms with Crippen LogP contribution in [0.1, 0.15) is 68.6 Å². The molecular formula is C18H22O3. The number of hydrogen-bond donors (Lipinski definition) is 1. The maximum atomic E-state index is 11.9. The molecule has 1 atom stereocenters. The van der Waals surface area contributed by atoms with E-state index in [1.165, 1.54) is 19.3 Å². The molecule has 1 unspecified atom stereocenters. The van der Waals surface area contributed by atoms with E-state index < -0.39 is 12.1 Å². The van der Waals surface area contributed by atoms with Crippen LogP contribution in [-0.4, -0.2) is 11.1 Å². The Bertz CT molecular complexity index is 533. The van der Waals surface area contributed by atoms with Crippen LogP contribution in [-0.2, 0) is 9.53 Å². The Morgan fingerprint density at radius 1 is 1.33 bits per heavy atom. The molecule has 1 N–H and O–H groups in total. The molecule has 1 fully saturated rings. The van der Waals surface area contributed by atoms with Crippen LogP contribution in [0.15, 0.2) is 24.3 Å². The Kier molecular flexibility index (Phi) is 5.83. The van der Waals surface area contributed by atoms with Gasteiger partial charge in [0.2, 0.25) is 0 Å². The van der Waals surface area contributed by atoms with Gasteiger partial charge in [0.1, 0.15) is 6.11 Å². The van der Waals surface area contributed by atoms with Gasteiger partial charge in [-0.1, -0.05) is 56.4 Å².